The van der Waals surface area contributed by atoms with Crippen LogP contribution in [0.4, 0.5) is 10.6 Å². The van der Waals surface area contributed by atoms with Crippen molar-refractivity contribution in [2.45, 2.75) is 25.8 Å². The lowest BCUT2D eigenvalue weighted by Crippen LogP contribution is -2.46. The first kappa shape index (κ1) is 16.8. The monoisotopic (exact) mass is 348 g/mol. The number of likely N-dealkylation sites (tertiary alicyclic amines) is 1. The number of ether oxygens (including phenoxy) is 1. The van der Waals surface area contributed by atoms with E-state index in [2.05, 4.69) is 20.3 Å². The second-order valence-corrected chi connectivity index (χ2v) is 5.63. The number of carbonyl (C=O) groups is 2. The summed E-state index contributed by atoms with van der Waals surface area (Å²) < 4.78 is 10.3. The molecule has 1 fully saturated rings. The molecule has 2 aromatic heterocycles. The van der Waals surface area contributed by atoms with Gasteiger partial charge in [0.1, 0.15) is 12.0 Å². The average Bonchev–Trinajstić information content (AvgIpc) is 3.24. The highest BCUT2D eigenvalue weighted by atomic mass is 16.6. The number of aromatic amines is 1. The lowest BCUT2D eigenvalue weighted by atomic mass is 10.1. The number of nitrogen functional groups attached to an aromatic ring is 1. The standard InChI is InChI=1S/C15H20N6O4/c1-2-24-15(23)21-5-3-9(4-6-21)19-13(22)10-7-25-14(20-10)11-12(16)18-8-17-11/h7-9H,2-6,16H2,1H3,(H,17,18)(H,19,22). The van der Waals surface area contributed by atoms with Crippen molar-refractivity contribution in [1.82, 2.24) is 25.2 Å². The van der Waals surface area contributed by atoms with Gasteiger partial charge < -0.3 is 30.1 Å². The maximum absolute atomic E-state index is 12.3. The zero-order valence-electron chi connectivity index (χ0n) is 13.8. The zero-order valence-corrected chi connectivity index (χ0v) is 13.8. The first-order valence-electron chi connectivity index (χ1n) is 8.05. The van der Waals surface area contributed by atoms with Gasteiger partial charge in [-0.15, -0.1) is 0 Å². The Bertz CT molecular complexity index is 747. The van der Waals surface area contributed by atoms with Gasteiger partial charge in [0.15, 0.2) is 11.5 Å². The van der Waals surface area contributed by atoms with E-state index < -0.39 is 0 Å². The van der Waals surface area contributed by atoms with Gasteiger partial charge in [-0.05, 0) is 19.8 Å². The van der Waals surface area contributed by atoms with Gasteiger partial charge in [0, 0.05) is 19.1 Å². The molecule has 3 rings (SSSR count). The molecule has 134 valence electrons. The molecule has 0 unspecified atom stereocenters. The maximum atomic E-state index is 12.3. The number of nitrogens with one attached hydrogen (secondary N) is 2. The smallest absolute Gasteiger partial charge is 0.409 e. The van der Waals surface area contributed by atoms with Crippen LogP contribution in [0, 0.1) is 0 Å². The number of anilines is 1. The predicted molar refractivity (Wildman–Crippen MR) is 87.6 cm³/mol. The van der Waals surface area contributed by atoms with Gasteiger partial charge in [0.05, 0.1) is 12.9 Å². The van der Waals surface area contributed by atoms with Crippen LogP contribution in [0.1, 0.15) is 30.3 Å². The maximum Gasteiger partial charge on any atom is 0.409 e. The first-order valence-corrected chi connectivity index (χ1v) is 8.05. The van der Waals surface area contributed by atoms with Crippen LogP contribution < -0.4 is 11.1 Å². The lowest BCUT2D eigenvalue weighted by Gasteiger charge is -2.31. The highest BCUT2D eigenvalue weighted by Gasteiger charge is 2.26. The number of amides is 2. The molecule has 0 bridgehead atoms. The summed E-state index contributed by atoms with van der Waals surface area (Å²) in [5.74, 6) is 0.125. The van der Waals surface area contributed by atoms with Gasteiger partial charge in [-0.25, -0.2) is 14.8 Å². The second-order valence-electron chi connectivity index (χ2n) is 5.63. The summed E-state index contributed by atoms with van der Waals surface area (Å²) in [6.45, 7) is 3.20. The Kier molecular flexibility index (Phi) is 4.87. The minimum Gasteiger partial charge on any atom is -0.450 e. The summed E-state index contributed by atoms with van der Waals surface area (Å²) in [7, 11) is 0. The molecule has 1 aliphatic rings. The van der Waals surface area contributed by atoms with Crippen LogP contribution in [0.3, 0.4) is 0 Å². The van der Waals surface area contributed by atoms with Crippen molar-refractivity contribution in [1.29, 1.82) is 0 Å². The molecule has 0 radical (unpaired) electrons. The minimum atomic E-state index is -0.331. The van der Waals surface area contributed by atoms with E-state index in [9.17, 15) is 9.59 Å². The fraction of sp³-hybridized carbons (Fsp3) is 0.467. The number of hydrogen-bond donors (Lipinski definition) is 3. The number of oxazole rings is 1. The van der Waals surface area contributed by atoms with E-state index in [1.165, 1.54) is 12.6 Å². The van der Waals surface area contributed by atoms with Crippen molar-refractivity contribution < 1.29 is 18.7 Å². The summed E-state index contributed by atoms with van der Waals surface area (Å²) in [5.41, 5.74) is 6.28. The van der Waals surface area contributed by atoms with E-state index in [0.29, 0.717) is 38.2 Å². The molecule has 3 heterocycles. The molecule has 25 heavy (non-hydrogen) atoms. The van der Waals surface area contributed by atoms with Crippen LogP contribution in [-0.4, -0.2) is 57.6 Å². The van der Waals surface area contributed by atoms with Crippen molar-refractivity contribution in [2.24, 2.45) is 0 Å². The number of aromatic nitrogens is 3. The fourth-order valence-corrected chi connectivity index (χ4v) is 2.65. The van der Waals surface area contributed by atoms with E-state index in [4.69, 9.17) is 14.9 Å². The molecule has 0 atom stereocenters. The number of nitrogens with zero attached hydrogens (tertiary/aromatic N) is 3. The zero-order chi connectivity index (χ0) is 17.8. The molecular formula is C15H20N6O4. The van der Waals surface area contributed by atoms with Crippen molar-refractivity contribution in [3.63, 3.8) is 0 Å². The fourth-order valence-electron chi connectivity index (χ4n) is 2.65. The van der Waals surface area contributed by atoms with Crippen molar-refractivity contribution in [3.05, 3.63) is 18.3 Å². The molecule has 4 N–H and O–H groups in total. The molecule has 0 spiro atoms. The molecule has 2 amide bonds. The summed E-state index contributed by atoms with van der Waals surface area (Å²) in [6, 6.07) is -0.0319. The van der Waals surface area contributed by atoms with Crippen LogP contribution in [0.15, 0.2) is 17.0 Å². The summed E-state index contributed by atoms with van der Waals surface area (Å²) in [5, 5.41) is 2.90. The number of rotatable bonds is 4. The number of imidazole rings is 1. The largest absolute Gasteiger partial charge is 0.450 e. The van der Waals surface area contributed by atoms with Crippen LogP contribution >= 0.6 is 0 Å². The third kappa shape index (κ3) is 3.73. The third-order valence-corrected chi connectivity index (χ3v) is 3.98. The molecule has 2 aromatic rings. The number of carbonyl (C=O) groups excluding carboxylic acids is 2. The van der Waals surface area contributed by atoms with Crippen LogP contribution in [-0.2, 0) is 4.74 Å². The van der Waals surface area contributed by atoms with Crippen molar-refractivity contribution >= 4 is 17.8 Å². The van der Waals surface area contributed by atoms with Crippen molar-refractivity contribution in [2.75, 3.05) is 25.4 Å². The number of hydrogen-bond acceptors (Lipinski definition) is 7. The van der Waals surface area contributed by atoms with Gasteiger partial charge >= 0.3 is 6.09 Å². The Hall–Kier alpha value is -3.04. The molecule has 1 aliphatic heterocycles. The van der Waals surface area contributed by atoms with Crippen LogP contribution in [0.2, 0.25) is 0 Å². The normalized spacial score (nSPS) is 15.2. The van der Waals surface area contributed by atoms with E-state index in [1.54, 1.807) is 11.8 Å². The molecular weight excluding hydrogens is 328 g/mol. The van der Waals surface area contributed by atoms with Gasteiger partial charge in [-0.3, -0.25) is 4.79 Å². The summed E-state index contributed by atoms with van der Waals surface area (Å²) in [4.78, 5) is 36.4. The molecule has 10 heteroatoms. The van der Waals surface area contributed by atoms with E-state index in [1.807, 2.05) is 0 Å². The highest BCUT2D eigenvalue weighted by molar-refractivity contribution is 5.92. The van der Waals surface area contributed by atoms with E-state index >= 15 is 0 Å². The van der Waals surface area contributed by atoms with Gasteiger partial charge in [0.2, 0.25) is 5.89 Å². The van der Waals surface area contributed by atoms with Crippen LogP contribution in [0.5, 0.6) is 0 Å². The van der Waals surface area contributed by atoms with E-state index in [-0.39, 0.29) is 35.4 Å². The number of piperidine rings is 1. The molecule has 0 aromatic carbocycles. The van der Waals surface area contributed by atoms with Gasteiger partial charge in [-0.2, -0.15) is 0 Å². The lowest BCUT2D eigenvalue weighted by molar-refractivity contribution is 0.0856. The summed E-state index contributed by atoms with van der Waals surface area (Å²) in [6.07, 6.45) is 3.70. The Balaban J connectivity index is 1.54. The van der Waals surface area contributed by atoms with Gasteiger partial charge in [0.25, 0.3) is 5.91 Å². The Labute approximate surface area is 143 Å². The minimum absolute atomic E-state index is 0.0319. The average molecular weight is 348 g/mol. The Morgan fingerprint density at radius 1 is 1.48 bits per heavy atom. The second kappa shape index (κ2) is 7.24. The SMILES string of the molecule is CCOC(=O)N1CCC(NC(=O)c2coc(-c3[nH]cnc3N)n2)CC1. The molecule has 0 aliphatic carbocycles. The predicted octanol–water partition coefficient (Wildman–Crippen LogP) is 0.998. The van der Waals surface area contributed by atoms with E-state index in [0.717, 1.165) is 0 Å². The highest BCUT2D eigenvalue weighted by Crippen LogP contribution is 2.21. The number of nitrogens with two attached hydrogens (primary N) is 1. The summed E-state index contributed by atoms with van der Waals surface area (Å²) >= 11 is 0. The topological polar surface area (TPSA) is 139 Å². The third-order valence-electron chi connectivity index (χ3n) is 3.98. The quantitative estimate of drug-likeness (QED) is 0.748. The van der Waals surface area contributed by atoms with Gasteiger partial charge in [-0.1, -0.05) is 0 Å². The first-order chi connectivity index (χ1) is 12.1. The molecule has 10 nitrogen and oxygen atoms in total. The molecule has 0 saturated carbocycles. The number of H-pyrrole nitrogens is 1. The molecule has 1 saturated heterocycles. The Morgan fingerprint density at radius 3 is 2.88 bits per heavy atom. The van der Waals surface area contributed by atoms with Crippen molar-refractivity contribution in [3.8, 4) is 11.6 Å². The van der Waals surface area contributed by atoms with Crippen LogP contribution in [0.25, 0.3) is 11.6 Å². The Morgan fingerprint density at radius 2 is 2.24 bits per heavy atom.